The van der Waals surface area contributed by atoms with Gasteiger partial charge in [0.2, 0.25) is 5.91 Å². The van der Waals surface area contributed by atoms with Gasteiger partial charge in [-0.25, -0.2) is 14.2 Å². The Morgan fingerprint density at radius 2 is 1.87 bits per heavy atom. The minimum Gasteiger partial charge on any atom is -0.465 e. The van der Waals surface area contributed by atoms with Crippen LogP contribution in [0.4, 0.5) is 10.1 Å². The van der Waals surface area contributed by atoms with Crippen LogP contribution in [0.5, 0.6) is 0 Å². The maximum Gasteiger partial charge on any atom is 0.337 e. The lowest BCUT2D eigenvalue weighted by atomic mass is 10.2. The first-order chi connectivity index (χ1) is 14.5. The Morgan fingerprint density at radius 3 is 2.50 bits per heavy atom. The summed E-state index contributed by atoms with van der Waals surface area (Å²) in [5.41, 5.74) is 2.39. The summed E-state index contributed by atoms with van der Waals surface area (Å²) in [5, 5.41) is 12.9. The number of aliphatic hydroxyl groups is 1. The largest absolute Gasteiger partial charge is 0.465 e. The molecule has 0 atom stereocenters. The monoisotopic (exact) mass is 429 g/mol. The molecule has 0 aliphatic carbocycles. The number of nitrogens with zero attached hydrogens (tertiary/aromatic N) is 2. The number of carbonyl (C=O) groups excluding carboxylic acids is 2. The number of hydrogen-bond donors (Lipinski definition) is 2. The Hall–Kier alpha value is -3.17. The molecular formula is C21H20FN3O4S. The first-order valence-corrected chi connectivity index (χ1v) is 9.99. The SMILES string of the molecule is COC(=O)c1ccc(NC(=O)CSc2ncc(CO)n2Cc2ccc(F)cc2)cc1. The van der Waals surface area contributed by atoms with Gasteiger partial charge in [-0.3, -0.25) is 4.79 Å². The topological polar surface area (TPSA) is 93.4 Å². The Bertz CT molecular complexity index is 1020. The van der Waals surface area contributed by atoms with Crippen LogP contribution in [0.15, 0.2) is 59.9 Å². The molecule has 156 valence electrons. The van der Waals surface area contributed by atoms with Crippen LogP contribution in [0.25, 0.3) is 0 Å². The molecule has 3 rings (SSSR count). The van der Waals surface area contributed by atoms with Crippen LogP contribution in [0.1, 0.15) is 21.6 Å². The number of aromatic nitrogens is 2. The molecule has 0 aliphatic rings. The number of methoxy groups -OCH3 is 1. The third-order valence-electron chi connectivity index (χ3n) is 4.24. The maximum atomic E-state index is 13.1. The van der Waals surface area contributed by atoms with Gasteiger partial charge in [0.1, 0.15) is 5.82 Å². The van der Waals surface area contributed by atoms with E-state index in [4.69, 9.17) is 0 Å². The lowest BCUT2D eigenvalue weighted by Gasteiger charge is -2.11. The van der Waals surface area contributed by atoms with Gasteiger partial charge in [-0.15, -0.1) is 0 Å². The third-order valence-corrected chi connectivity index (χ3v) is 5.23. The number of hydrogen-bond acceptors (Lipinski definition) is 6. The molecule has 3 aromatic rings. The summed E-state index contributed by atoms with van der Waals surface area (Å²) in [7, 11) is 1.30. The van der Waals surface area contributed by atoms with Crippen molar-refractivity contribution >= 4 is 29.3 Å². The van der Waals surface area contributed by atoms with Gasteiger partial charge >= 0.3 is 5.97 Å². The summed E-state index contributed by atoms with van der Waals surface area (Å²) in [4.78, 5) is 28.0. The molecule has 1 aromatic heterocycles. The number of carbonyl (C=O) groups is 2. The van der Waals surface area contributed by atoms with E-state index in [1.54, 1.807) is 47.2 Å². The molecule has 30 heavy (non-hydrogen) atoms. The molecule has 0 saturated heterocycles. The van der Waals surface area contributed by atoms with E-state index in [1.807, 2.05) is 0 Å². The fourth-order valence-corrected chi connectivity index (χ4v) is 3.51. The first kappa shape index (κ1) is 21.5. The summed E-state index contributed by atoms with van der Waals surface area (Å²) < 4.78 is 19.6. The molecule has 2 aromatic carbocycles. The molecule has 0 fully saturated rings. The zero-order valence-corrected chi connectivity index (χ0v) is 17.0. The molecule has 2 N–H and O–H groups in total. The van der Waals surface area contributed by atoms with Crippen molar-refractivity contribution in [1.29, 1.82) is 0 Å². The van der Waals surface area contributed by atoms with Gasteiger partial charge in [0, 0.05) is 12.2 Å². The van der Waals surface area contributed by atoms with Crippen molar-refractivity contribution in [3.63, 3.8) is 0 Å². The number of imidazole rings is 1. The van der Waals surface area contributed by atoms with Gasteiger partial charge in [-0.1, -0.05) is 23.9 Å². The zero-order valence-electron chi connectivity index (χ0n) is 16.2. The number of thioether (sulfide) groups is 1. The fourth-order valence-electron chi connectivity index (χ4n) is 2.71. The quantitative estimate of drug-likeness (QED) is 0.422. The van der Waals surface area contributed by atoms with Crippen molar-refractivity contribution < 1.29 is 23.8 Å². The number of esters is 1. The van der Waals surface area contributed by atoms with Crippen molar-refractivity contribution in [2.75, 3.05) is 18.2 Å². The Morgan fingerprint density at radius 1 is 1.17 bits per heavy atom. The van der Waals surface area contributed by atoms with Crippen LogP contribution in [0.2, 0.25) is 0 Å². The number of benzene rings is 2. The van der Waals surface area contributed by atoms with E-state index in [9.17, 15) is 19.1 Å². The number of aliphatic hydroxyl groups excluding tert-OH is 1. The van der Waals surface area contributed by atoms with Crippen LogP contribution in [0.3, 0.4) is 0 Å². The molecule has 7 nitrogen and oxygen atoms in total. The van der Waals surface area contributed by atoms with E-state index in [2.05, 4.69) is 15.0 Å². The number of ether oxygens (including phenoxy) is 1. The smallest absolute Gasteiger partial charge is 0.337 e. The van der Waals surface area contributed by atoms with E-state index >= 15 is 0 Å². The molecular weight excluding hydrogens is 409 g/mol. The van der Waals surface area contributed by atoms with Gasteiger partial charge in [0.15, 0.2) is 5.16 Å². The average molecular weight is 429 g/mol. The lowest BCUT2D eigenvalue weighted by Crippen LogP contribution is -2.15. The molecule has 1 heterocycles. The summed E-state index contributed by atoms with van der Waals surface area (Å²) in [6.45, 7) is 0.197. The van der Waals surface area contributed by atoms with Crippen molar-refractivity contribution in [3.05, 3.63) is 77.4 Å². The molecule has 9 heteroatoms. The highest BCUT2D eigenvalue weighted by Crippen LogP contribution is 2.21. The standard InChI is InChI=1S/C21H20FN3O4S/c1-29-20(28)15-4-8-17(9-5-15)24-19(27)13-30-21-23-10-18(12-26)25(21)11-14-2-6-16(22)7-3-14/h2-10,26H,11-13H2,1H3,(H,24,27). The molecule has 0 radical (unpaired) electrons. The van der Waals surface area contributed by atoms with E-state index < -0.39 is 5.97 Å². The molecule has 0 saturated carbocycles. The Labute approximate surface area is 176 Å². The van der Waals surface area contributed by atoms with Crippen molar-refractivity contribution in [1.82, 2.24) is 9.55 Å². The molecule has 0 unspecified atom stereocenters. The number of amides is 1. The van der Waals surface area contributed by atoms with E-state index in [-0.39, 0.29) is 24.1 Å². The Kier molecular flexibility index (Phi) is 7.21. The van der Waals surface area contributed by atoms with Crippen molar-refractivity contribution in [3.8, 4) is 0 Å². The highest BCUT2D eigenvalue weighted by molar-refractivity contribution is 7.99. The number of halogens is 1. The predicted molar refractivity (Wildman–Crippen MR) is 111 cm³/mol. The van der Waals surface area contributed by atoms with Crippen LogP contribution in [0, 0.1) is 5.82 Å². The van der Waals surface area contributed by atoms with E-state index in [1.165, 1.54) is 31.0 Å². The van der Waals surface area contributed by atoms with Crippen LogP contribution >= 0.6 is 11.8 Å². The van der Waals surface area contributed by atoms with E-state index in [0.717, 1.165) is 5.56 Å². The van der Waals surface area contributed by atoms with Gasteiger partial charge in [0.05, 0.1) is 36.9 Å². The predicted octanol–water partition coefficient (Wildman–Crippen LogP) is 3.08. The summed E-state index contributed by atoms with van der Waals surface area (Å²) in [6.07, 6.45) is 1.55. The fraction of sp³-hybridized carbons (Fsp3) is 0.190. The van der Waals surface area contributed by atoms with Gasteiger partial charge in [-0.05, 0) is 42.0 Å². The highest BCUT2D eigenvalue weighted by Gasteiger charge is 2.13. The summed E-state index contributed by atoms with van der Waals surface area (Å²) in [6, 6.07) is 12.4. The van der Waals surface area contributed by atoms with Crippen LogP contribution in [-0.2, 0) is 22.7 Å². The van der Waals surface area contributed by atoms with Gasteiger partial charge in [-0.2, -0.15) is 0 Å². The molecule has 1 amide bonds. The van der Waals surface area contributed by atoms with E-state index in [0.29, 0.717) is 28.6 Å². The summed E-state index contributed by atoms with van der Waals surface area (Å²) >= 11 is 1.23. The highest BCUT2D eigenvalue weighted by atomic mass is 32.2. The zero-order chi connectivity index (χ0) is 21.5. The second kappa shape index (κ2) is 10.0. The van der Waals surface area contributed by atoms with Gasteiger partial charge < -0.3 is 19.7 Å². The van der Waals surface area contributed by atoms with Crippen LogP contribution in [-0.4, -0.2) is 39.4 Å². The third kappa shape index (κ3) is 5.46. The number of rotatable bonds is 8. The number of anilines is 1. The maximum absolute atomic E-state index is 13.1. The summed E-state index contributed by atoms with van der Waals surface area (Å²) in [5.74, 6) is -0.911. The average Bonchev–Trinajstić information content (AvgIpc) is 3.15. The molecule has 0 bridgehead atoms. The first-order valence-electron chi connectivity index (χ1n) is 9.01. The Balaban J connectivity index is 1.62. The minimum atomic E-state index is -0.448. The molecule has 0 aliphatic heterocycles. The van der Waals surface area contributed by atoms with Gasteiger partial charge in [0.25, 0.3) is 0 Å². The second-order valence-corrected chi connectivity index (χ2v) is 7.25. The van der Waals surface area contributed by atoms with Crippen molar-refractivity contribution in [2.24, 2.45) is 0 Å². The normalized spacial score (nSPS) is 10.6. The minimum absolute atomic E-state index is 0.101. The van der Waals surface area contributed by atoms with Crippen LogP contribution < -0.4 is 5.32 Å². The number of nitrogens with one attached hydrogen (secondary N) is 1. The second-order valence-electron chi connectivity index (χ2n) is 6.31. The lowest BCUT2D eigenvalue weighted by molar-refractivity contribution is -0.113. The molecule has 0 spiro atoms. The van der Waals surface area contributed by atoms with Crippen molar-refractivity contribution in [2.45, 2.75) is 18.3 Å².